The molecular weight excluding hydrogens is 504 g/mol. The Kier molecular flexibility index (Phi) is 8.26. The van der Waals surface area contributed by atoms with Crippen LogP contribution in [0.2, 0.25) is 0 Å². The number of rotatable bonds is 8. The molecule has 0 saturated carbocycles. The van der Waals surface area contributed by atoms with E-state index in [1.54, 1.807) is 0 Å². The van der Waals surface area contributed by atoms with Crippen molar-refractivity contribution in [1.29, 1.82) is 0 Å². The maximum Gasteiger partial charge on any atom is 0.228 e. The van der Waals surface area contributed by atoms with E-state index < -0.39 is 0 Å². The van der Waals surface area contributed by atoms with Gasteiger partial charge in [-0.15, -0.1) is 0 Å². The van der Waals surface area contributed by atoms with Gasteiger partial charge in [0.25, 0.3) is 0 Å². The van der Waals surface area contributed by atoms with Crippen molar-refractivity contribution in [3.63, 3.8) is 0 Å². The van der Waals surface area contributed by atoms with Crippen LogP contribution < -0.4 is 0 Å². The van der Waals surface area contributed by atoms with E-state index in [0.717, 1.165) is 102 Å². The lowest BCUT2D eigenvalue weighted by atomic mass is 9.97. The van der Waals surface area contributed by atoms with E-state index in [1.807, 2.05) is 0 Å². The summed E-state index contributed by atoms with van der Waals surface area (Å²) >= 11 is 0. The van der Waals surface area contributed by atoms with E-state index in [2.05, 4.69) is 83.6 Å². The Morgan fingerprint density at radius 3 is 1.46 bits per heavy atom. The SMILES string of the molecule is CCC1=C(CC)c2cc3[nH]c(cc4[nH]c(c([O])c5nc(cc1n2)C(CC)=C5CC)c(CC)c4CC)c(CC)c3CC. The molecule has 5 rings (SSSR count). The van der Waals surface area contributed by atoms with Crippen LogP contribution in [0.1, 0.15) is 126 Å². The van der Waals surface area contributed by atoms with Crippen molar-refractivity contribution < 1.29 is 5.11 Å². The maximum absolute atomic E-state index is 14.3. The van der Waals surface area contributed by atoms with E-state index >= 15 is 0 Å². The molecule has 0 amide bonds. The maximum atomic E-state index is 14.3. The van der Waals surface area contributed by atoms with E-state index in [1.165, 1.54) is 27.8 Å². The van der Waals surface area contributed by atoms with E-state index in [4.69, 9.17) is 9.97 Å². The molecule has 2 aliphatic rings. The number of nitrogens with zero attached hydrogens (tertiary/aromatic N) is 2. The first-order chi connectivity index (χ1) is 19.9. The molecule has 0 unspecified atom stereocenters. The molecule has 215 valence electrons. The van der Waals surface area contributed by atoms with Gasteiger partial charge in [-0.05, 0) is 114 Å². The van der Waals surface area contributed by atoms with Gasteiger partial charge in [0.05, 0.1) is 22.6 Å². The zero-order valence-corrected chi connectivity index (χ0v) is 26.2. The molecule has 5 nitrogen and oxygen atoms in total. The molecular formula is C36H45N4O. The first-order valence-electron chi connectivity index (χ1n) is 15.8. The summed E-state index contributed by atoms with van der Waals surface area (Å²) in [5.74, 6) is 0.00100. The average molecular weight is 550 g/mol. The van der Waals surface area contributed by atoms with Crippen LogP contribution >= 0.6 is 0 Å². The van der Waals surface area contributed by atoms with Crippen LogP contribution in [0.3, 0.4) is 0 Å². The van der Waals surface area contributed by atoms with E-state index in [-0.39, 0.29) is 5.75 Å². The van der Waals surface area contributed by atoms with E-state index in [9.17, 15) is 5.11 Å². The summed E-state index contributed by atoms with van der Waals surface area (Å²) in [5, 5.41) is 14.3. The molecule has 5 heteroatoms. The molecule has 2 aliphatic heterocycles. The Morgan fingerprint density at radius 2 is 0.927 bits per heavy atom. The number of fused-ring (bicyclic) bond motifs is 8. The molecule has 1 radical (unpaired) electrons. The molecule has 41 heavy (non-hydrogen) atoms. The molecule has 3 aromatic rings. The van der Waals surface area contributed by atoms with Crippen LogP contribution in [0.25, 0.3) is 44.4 Å². The molecule has 0 aliphatic carbocycles. The van der Waals surface area contributed by atoms with Gasteiger partial charge in [0.2, 0.25) is 5.75 Å². The zero-order chi connectivity index (χ0) is 29.4. The van der Waals surface area contributed by atoms with Gasteiger partial charge in [-0.25, -0.2) is 9.97 Å². The first-order valence-corrected chi connectivity index (χ1v) is 15.8. The highest BCUT2D eigenvalue weighted by atomic mass is 16.3. The fourth-order valence-electron chi connectivity index (χ4n) is 7.15. The molecule has 3 aromatic heterocycles. The van der Waals surface area contributed by atoms with Gasteiger partial charge in [-0.3, -0.25) is 5.11 Å². The van der Waals surface area contributed by atoms with Crippen LogP contribution in [-0.4, -0.2) is 19.9 Å². The van der Waals surface area contributed by atoms with Gasteiger partial charge in [-0.1, -0.05) is 55.4 Å². The lowest BCUT2D eigenvalue weighted by molar-refractivity contribution is 0.356. The van der Waals surface area contributed by atoms with Gasteiger partial charge in [0.1, 0.15) is 5.69 Å². The molecule has 5 heterocycles. The molecule has 0 atom stereocenters. The van der Waals surface area contributed by atoms with Crippen LogP contribution in [-0.2, 0) is 30.8 Å². The Hall–Kier alpha value is -3.60. The normalized spacial score (nSPS) is 13.6. The Balaban J connectivity index is 2.07. The highest BCUT2D eigenvalue weighted by Gasteiger charge is 2.26. The second kappa shape index (κ2) is 11.7. The van der Waals surface area contributed by atoms with Crippen molar-refractivity contribution in [3.8, 4) is 5.75 Å². The van der Waals surface area contributed by atoms with Crippen molar-refractivity contribution >= 4 is 44.4 Å². The smallest absolute Gasteiger partial charge is 0.228 e. The summed E-state index contributed by atoms with van der Waals surface area (Å²) in [6.07, 6.45) is 6.94. The second-order valence-electron chi connectivity index (χ2n) is 11.0. The number of hydrogen-bond acceptors (Lipinski definition) is 2. The van der Waals surface area contributed by atoms with Gasteiger partial charge in [0.15, 0.2) is 0 Å². The van der Waals surface area contributed by atoms with Crippen LogP contribution in [0.5, 0.6) is 5.75 Å². The topological polar surface area (TPSA) is 77.3 Å². The summed E-state index contributed by atoms with van der Waals surface area (Å²) in [5.41, 5.74) is 17.3. The Labute approximate surface area is 244 Å². The molecule has 0 saturated heterocycles. The monoisotopic (exact) mass is 549 g/mol. The lowest BCUT2D eigenvalue weighted by Gasteiger charge is -2.05. The molecule has 0 aromatic carbocycles. The Bertz CT molecular complexity index is 1730. The van der Waals surface area contributed by atoms with Gasteiger partial charge in [-0.2, -0.15) is 0 Å². The van der Waals surface area contributed by atoms with Crippen molar-refractivity contribution in [2.75, 3.05) is 0 Å². The third-order valence-corrected chi connectivity index (χ3v) is 9.06. The minimum atomic E-state index is 0.00100. The summed E-state index contributed by atoms with van der Waals surface area (Å²) < 4.78 is 0. The minimum Gasteiger partial charge on any atom is -0.355 e. The average Bonchev–Trinajstić information content (AvgIpc) is 3.71. The van der Waals surface area contributed by atoms with Gasteiger partial charge in [0, 0.05) is 16.6 Å². The number of aryl methyl sites for hydroxylation is 4. The number of nitrogens with one attached hydrogen (secondary N) is 2. The Morgan fingerprint density at radius 1 is 0.488 bits per heavy atom. The predicted octanol–water partition coefficient (Wildman–Crippen LogP) is 10.2. The summed E-state index contributed by atoms with van der Waals surface area (Å²) in [7, 11) is 0. The van der Waals surface area contributed by atoms with Crippen molar-refractivity contribution in [3.05, 3.63) is 63.2 Å². The number of hydrogen-bond donors (Lipinski definition) is 2. The minimum absolute atomic E-state index is 0.00100. The van der Waals surface area contributed by atoms with Crippen molar-refractivity contribution in [2.45, 2.75) is 107 Å². The second-order valence-corrected chi connectivity index (χ2v) is 11.0. The number of H-pyrrole nitrogens is 2. The summed E-state index contributed by atoms with van der Waals surface area (Å²) in [6, 6.07) is 6.63. The molecule has 2 N–H and O–H groups in total. The predicted molar refractivity (Wildman–Crippen MR) is 173 cm³/mol. The fourth-order valence-corrected chi connectivity index (χ4v) is 7.15. The van der Waals surface area contributed by atoms with Crippen LogP contribution in [0.15, 0.2) is 18.2 Å². The fraction of sp³-hybridized carbons (Fsp3) is 0.444. The van der Waals surface area contributed by atoms with Crippen LogP contribution in [0.4, 0.5) is 0 Å². The van der Waals surface area contributed by atoms with Crippen molar-refractivity contribution in [1.82, 2.24) is 19.9 Å². The summed E-state index contributed by atoms with van der Waals surface area (Å²) in [4.78, 5) is 17.7. The molecule has 0 spiro atoms. The lowest BCUT2D eigenvalue weighted by Crippen LogP contribution is -1.88. The van der Waals surface area contributed by atoms with Gasteiger partial charge >= 0.3 is 0 Å². The standard InChI is InChI=1S/C36H45N4O/c1-9-20-22(11-3)30-18-32-24(13-5)26(15-7)34(39-32)36(41)35-27(16-8)25(14-6)33(40-35)19-31-23(12-4)21(10-2)29(38-31)17-28(20)37-30/h17-19,37,39H,9-16H2,1-8H3. The van der Waals surface area contributed by atoms with E-state index in [0.29, 0.717) is 11.2 Å². The highest BCUT2D eigenvalue weighted by Crippen LogP contribution is 2.42. The van der Waals surface area contributed by atoms with Crippen LogP contribution in [0, 0.1) is 0 Å². The largest absolute Gasteiger partial charge is 0.355 e. The highest BCUT2D eigenvalue weighted by molar-refractivity contribution is 5.98. The zero-order valence-electron chi connectivity index (χ0n) is 26.2. The first kappa shape index (κ1) is 28.9. The number of aromatic amines is 2. The molecule has 8 bridgehead atoms. The quantitative estimate of drug-likeness (QED) is 0.293. The third kappa shape index (κ3) is 4.64. The summed E-state index contributed by atoms with van der Waals surface area (Å²) in [6.45, 7) is 17.5. The van der Waals surface area contributed by atoms with Gasteiger partial charge < -0.3 is 9.97 Å². The van der Waals surface area contributed by atoms with Crippen molar-refractivity contribution in [2.24, 2.45) is 0 Å². The molecule has 0 fully saturated rings. The number of allylic oxidation sites excluding steroid dienone is 4. The number of aromatic nitrogens is 4. The third-order valence-electron chi connectivity index (χ3n) is 9.06.